The van der Waals surface area contributed by atoms with Gasteiger partial charge in [0.05, 0.1) is 7.11 Å². The van der Waals surface area contributed by atoms with Crippen molar-refractivity contribution in [2.45, 2.75) is 39.5 Å². The van der Waals surface area contributed by atoms with Gasteiger partial charge in [0.25, 0.3) is 5.91 Å². The minimum Gasteiger partial charge on any atom is -0.497 e. The standard InChI is InChI=1S/C25H32N2O4/c1-18-6-9-21(10-7-18)31-17-25(29)27-14-4-5-20(16-27)8-13-24(28)26-23-12-11-22(30-3)15-19(23)2/h6-7,9-12,15,20H,4-5,8,13-14,16-17H2,1-3H3,(H,26,28)/t20-/m0/s1. The summed E-state index contributed by atoms with van der Waals surface area (Å²) in [5.74, 6) is 1.81. The molecule has 0 saturated carbocycles. The number of piperidine rings is 1. The van der Waals surface area contributed by atoms with Crippen LogP contribution in [0.1, 0.15) is 36.8 Å². The summed E-state index contributed by atoms with van der Waals surface area (Å²) in [6.45, 7) is 5.45. The number of nitrogens with one attached hydrogen (secondary N) is 1. The molecule has 2 aromatic carbocycles. The van der Waals surface area contributed by atoms with E-state index in [1.165, 1.54) is 0 Å². The van der Waals surface area contributed by atoms with Crippen molar-refractivity contribution in [1.82, 2.24) is 4.90 Å². The number of likely N-dealkylation sites (tertiary alicyclic amines) is 1. The van der Waals surface area contributed by atoms with Crippen molar-refractivity contribution in [3.63, 3.8) is 0 Å². The van der Waals surface area contributed by atoms with Gasteiger partial charge in [0.15, 0.2) is 6.61 Å². The predicted octanol–water partition coefficient (Wildman–Crippen LogP) is 4.35. The van der Waals surface area contributed by atoms with Gasteiger partial charge in [0.2, 0.25) is 5.91 Å². The van der Waals surface area contributed by atoms with Crippen LogP contribution >= 0.6 is 0 Å². The number of benzene rings is 2. The summed E-state index contributed by atoms with van der Waals surface area (Å²) in [7, 11) is 1.62. The van der Waals surface area contributed by atoms with Crippen LogP contribution in [-0.2, 0) is 9.59 Å². The van der Waals surface area contributed by atoms with Crippen molar-refractivity contribution in [1.29, 1.82) is 0 Å². The number of hydrogen-bond acceptors (Lipinski definition) is 4. The van der Waals surface area contributed by atoms with Crippen LogP contribution in [0.15, 0.2) is 42.5 Å². The van der Waals surface area contributed by atoms with E-state index in [2.05, 4.69) is 5.32 Å². The van der Waals surface area contributed by atoms with Gasteiger partial charge in [-0.1, -0.05) is 17.7 Å². The molecule has 1 atom stereocenters. The fourth-order valence-electron chi connectivity index (χ4n) is 3.85. The van der Waals surface area contributed by atoms with Gasteiger partial charge in [-0.05, 0) is 74.9 Å². The second-order valence-corrected chi connectivity index (χ2v) is 8.22. The molecule has 2 amide bonds. The van der Waals surface area contributed by atoms with Gasteiger partial charge in [-0.15, -0.1) is 0 Å². The number of amides is 2. The Morgan fingerprint density at radius 2 is 1.84 bits per heavy atom. The fourth-order valence-corrected chi connectivity index (χ4v) is 3.85. The first kappa shape index (κ1) is 22.7. The van der Waals surface area contributed by atoms with Crippen LogP contribution in [0.4, 0.5) is 5.69 Å². The molecule has 0 unspecified atom stereocenters. The Kier molecular flexibility index (Phi) is 7.93. The summed E-state index contributed by atoms with van der Waals surface area (Å²) in [6, 6.07) is 13.3. The SMILES string of the molecule is COc1ccc(NC(=O)CC[C@@H]2CCCN(C(=O)COc3ccc(C)cc3)C2)c(C)c1. The Hall–Kier alpha value is -3.02. The number of anilines is 1. The molecule has 1 aliphatic rings. The van der Waals surface area contributed by atoms with E-state index in [1.54, 1.807) is 7.11 Å². The van der Waals surface area contributed by atoms with Gasteiger partial charge < -0.3 is 19.7 Å². The average molecular weight is 425 g/mol. The quantitative estimate of drug-likeness (QED) is 0.684. The van der Waals surface area contributed by atoms with Crippen molar-refractivity contribution in [2.24, 2.45) is 5.92 Å². The van der Waals surface area contributed by atoms with E-state index in [0.29, 0.717) is 24.6 Å². The number of carbonyl (C=O) groups excluding carboxylic acids is 2. The van der Waals surface area contributed by atoms with Crippen molar-refractivity contribution < 1.29 is 19.1 Å². The highest BCUT2D eigenvalue weighted by molar-refractivity contribution is 5.91. The monoisotopic (exact) mass is 424 g/mol. The third-order valence-corrected chi connectivity index (χ3v) is 5.74. The van der Waals surface area contributed by atoms with Gasteiger partial charge in [0, 0.05) is 25.2 Å². The molecule has 1 heterocycles. The van der Waals surface area contributed by atoms with E-state index >= 15 is 0 Å². The zero-order valence-corrected chi connectivity index (χ0v) is 18.6. The van der Waals surface area contributed by atoms with Gasteiger partial charge >= 0.3 is 0 Å². The first-order valence-corrected chi connectivity index (χ1v) is 10.9. The van der Waals surface area contributed by atoms with E-state index in [0.717, 1.165) is 48.4 Å². The van der Waals surface area contributed by atoms with Crippen LogP contribution < -0.4 is 14.8 Å². The second kappa shape index (κ2) is 10.8. The van der Waals surface area contributed by atoms with Crippen LogP contribution in [0.3, 0.4) is 0 Å². The number of rotatable bonds is 8. The smallest absolute Gasteiger partial charge is 0.260 e. The van der Waals surface area contributed by atoms with E-state index in [4.69, 9.17) is 9.47 Å². The number of aryl methyl sites for hydroxylation is 2. The Bertz CT molecular complexity index is 895. The minimum absolute atomic E-state index is 0.000536. The molecule has 0 spiro atoms. The largest absolute Gasteiger partial charge is 0.497 e. The first-order valence-electron chi connectivity index (χ1n) is 10.9. The lowest BCUT2D eigenvalue weighted by Crippen LogP contribution is -2.42. The molecule has 6 heteroatoms. The Labute approximate surface area is 184 Å². The predicted molar refractivity (Wildman–Crippen MR) is 122 cm³/mol. The summed E-state index contributed by atoms with van der Waals surface area (Å²) in [6.07, 6.45) is 3.21. The van der Waals surface area contributed by atoms with Gasteiger partial charge in [-0.25, -0.2) is 0 Å². The molecule has 6 nitrogen and oxygen atoms in total. The molecule has 0 bridgehead atoms. The highest BCUT2D eigenvalue weighted by atomic mass is 16.5. The molecule has 0 aliphatic carbocycles. The number of ether oxygens (including phenoxy) is 2. The van der Waals surface area contributed by atoms with Crippen LogP contribution in [0.5, 0.6) is 11.5 Å². The number of methoxy groups -OCH3 is 1. The van der Waals surface area contributed by atoms with Crippen molar-refractivity contribution in [2.75, 3.05) is 32.1 Å². The van der Waals surface area contributed by atoms with Crippen LogP contribution in [0.25, 0.3) is 0 Å². The molecule has 1 aliphatic heterocycles. The van der Waals surface area contributed by atoms with Gasteiger partial charge in [-0.3, -0.25) is 9.59 Å². The summed E-state index contributed by atoms with van der Waals surface area (Å²) < 4.78 is 10.8. The summed E-state index contributed by atoms with van der Waals surface area (Å²) in [5, 5.41) is 2.98. The maximum absolute atomic E-state index is 12.6. The normalized spacial score (nSPS) is 16.0. The lowest BCUT2D eigenvalue weighted by Gasteiger charge is -2.32. The van der Waals surface area contributed by atoms with E-state index in [9.17, 15) is 9.59 Å². The Morgan fingerprint density at radius 1 is 1.10 bits per heavy atom. The van der Waals surface area contributed by atoms with Crippen LogP contribution in [-0.4, -0.2) is 43.5 Å². The third kappa shape index (κ3) is 6.74. The zero-order chi connectivity index (χ0) is 22.2. The van der Waals surface area contributed by atoms with Crippen molar-refractivity contribution >= 4 is 17.5 Å². The number of nitrogens with zero attached hydrogens (tertiary/aromatic N) is 1. The fraction of sp³-hybridized carbons (Fsp3) is 0.440. The molecule has 0 radical (unpaired) electrons. The van der Waals surface area contributed by atoms with Crippen LogP contribution in [0, 0.1) is 19.8 Å². The average Bonchev–Trinajstić information content (AvgIpc) is 2.78. The first-order chi connectivity index (χ1) is 14.9. The van der Waals surface area contributed by atoms with Crippen molar-refractivity contribution in [3.8, 4) is 11.5 Å². The lowest BCUT2D eigenvalue weighted by molar-refractivity contribution is -0.135. The van der Waals surface area contributed by atoms with Gasteiger partial charge in [-0.2, -0.15) is 0 Å². The molecular weight excluding hydrogens is 392 g/mol. The van der Waals surface area contributed by atoms with E-state index < -0.39 is 0 Å². The second-order valence-electron chi connectivity index (χ2n) is 8.22. The minimum atomic E-state index is -0.000536. The Morgan fingerprint density at radius 3 is 2.55 bits per heavy atom. The molecule has 2 aromatic rings. The summed E-state index contributed by atoms with van der Waals surface area (Å²) >= 11 is 0. The topological polar surface area (TPSA) is 67.9 Å². The van der Waals surface area contributed by atoms with E-state index in [1.807, 2.05) is 61.2 Å². The molecule has 166 valence electrons. The van der Waals surface area contributed by atoms with Crippen molar-refractivity contribution in [3.05, 3.63) is 53.6 Å². The van der Waals surface area contributed by atoms with Gasteiger partial charge in [0.1, 0.15) is 11.5 Å². The highest BCUT2D eigenvalue weighted by Gasteiger charge is 2.24. The number of hydrogen-bond donors (Lipinski definition) is 1. The van der Waals surface area contributed by atoms with Crippen LogP contribution in [0.2, 0.25) is 0 Å². The summed E-state index contributed by atoms with van der Waals surface area (Å²) in [4.78, 5) is 26.9. The Balaban J connectivity index is 1.43. The lowest BCUT2D eigenvalue weighted by atomic mass is 9.93. The molecular formula is C25H32N2O4. The number of carbonyl (C=O) groups is 2. The zero-order valence-electron chi connectivity index (χ0n) is 18.6. The molecule has 1 fully saturated rings. The third-order valence-electron chi connectivity index (χ3n) is 5.74. The molecule has 1 N–H and O–H groups in total. The maximum atomic E-state index is 12.6. The molecule has 1 saturated heterocycles. The molecule has 31 heavy (non-hydrogen) atoms. The highest BCUT2D eigenvalue weighted by Crippen LogP contribution is 2.24. The summed E-state index contributed by atoms with van der Waals surface area (Å²) in [5.41, 5.74) is 2.93. The van der Waals surface area contributed by atoms with E-state index in [-0.39, 0.29) is 18.4 Å². The molecule has 0 aromatic heterocycles. The molecule has 3 rings (SSSR count). The maximum Gasteiger partial charge on any atom is 0.260 e.